The second-order valence-corrected chi connectivity index (χ2v) is 4.67. The fraction of sp³-hybridized carbons (Fsp3) is 0.636. The van der Waals surface area contributed by atoms with E-state index in [1.807, 2.05) is 0 Å². The van der Waals surface area contributed by atoms with Crippen LogP contribution in [0.25, 0.3) is 0 Å². The summed E-state index contributed by atoms with van der Waals surface area (Å²) in [5.74, 6) is -1.09. The Morgan fingerprint density at radius 3 is 2.56 bits per heavy atom. The maximum Gasteiger partial charge on any atom is 0.415 e. The molecule has 0 radical (unpaired) electrons. The molecule has 0 bridgehead atoms. The Morgan fingerprint density at radius 1 is 1.44 bits per heavy atom. The molecule has 0 aromatic carbocycles. The highest BCUT2D eigenvalue weighted by Gasteiger charge is 2.29. The molecule has 0 aromatic rings. The highest BCUT2D eigenvalue weighted by atomic mass is 16.6. The molecular formula is C11H17NO4. The van der Waals surface area contributed by atoms with Gasteiger partial charge in [-0.25, -0.2) is 9.59 Å². The second kappa shape index (κ2) is 4.55. The van der Waals surface area contributed by atoms with Crippen molar-refractivity contribution in [2.24, 2.45) is 0 Å². The first-order valence-corrected chi connectivity index (χ1v) is 5.25. The van der Waals surface area contributed by atoms with Gasteiger partial charge in [-0.05, 0) is 33.6 Å². The van der Waals surface area contributed by atoms with Crippen LogP contribution in [0.4, 0.5) is 4.79 Å². The third-order valence-corrected chi connectivity index (χ3v) is 2.05. The summed E-state index contributed by atoms with van der Waals surface area (Å²) >= 11 is 0. The Bertz CT molecular complexity index is 327. The molecule has 0 fully saturated rings. The van der Waals surface area contributed by atoms with Gasteiger partial charge in [0.25, 0.3) is 0 Å². The Balaban J connectivity index is 2.78. The highest BCUT2D eigenvalue weighted by Crippen LogP contribution is 2.19. The lowest BCUT2D eigenvalue weighted by Gasteiger charge is -2.29. The van der Waals surface area contributed by atoms with Gasteiger partial charge in [-0.15, -0.1) is 0 Å². The molecular weight excluding hydrogens is 210 g/mol. The SMILES string of the molecule is CC(C)(C)OC(=O)N1CCCC=C1C(=O)O. The smallest absolute Gasteiger partial charge is 0.415 e. The zero-order valence-corrected chi connectivity index (χ0v) is 9.82. The fourth-order valence-electron chi connectivity index (χ4n) is 1.43. The van der Waals surface area contributed by atoms with E-state index in [-0.39, 0.29) is 5.70 Å². The largest absolute Gasteiger partial charge is 0.477 e. The Labute approximate surface area is 94.7 Å². The third-order valence-electron chi connectivity index (χ3n) is 2.05. The molecule has 90 valence electrons. The van der Waals surface area contributed by atoms with E-state index in [1.54, 1.807) is 26.8 Å². The van der Waals surface area contributed by atoms with Crippen LogP contribution in [0.5, 0.6) is 0 Å². The average molecular weight is 227 g/mol. The van der Waals surface area contributed by atoms with Gasteiger partial charge in [-0.3, -0.25) is 4.90 Å². The predicted octanol–water partition coefficient (Wildman–Crippen LogP) is 1.99. The summed E-state index contributed by atoms with van der Waals surface area (Å²) < 4.78 is 5.14. The molecule has 16 heavy (non-hydrogen) atoms. The fourth-order valence-corrected chi connectivity index (χ4v) is 1.43. The zero-order valence-electron chi connectivity index (χ0n) is 9.82. The Hall–Kier alpha value is -1.52. The monoisotopic (exact) mass is 227 g/mol. The van der Waals surface area contributed by atoms with Gasteiger partial charge < -0.3 is 9.84 Å². The van der Waals surface area contributed by atoms with Crippen molar-refractivity contribution in [1.82, 2.24) is 4.90 Å². The molecule has 1 aliphatic rings. The van der Waals surface area contributed by atoms with E-state index in [2.05, 4.69) is 0 Å². The van der Waals surface area contributed by atoms with Crippen LogP contribution in [0.3, 0.4) is 0 Å². The molecule has 1 heterocycles. The number of carboxylic acids is 1. The van der Waals surface area contributed by atoms with Gasteiger partial charge in [0.1, 0.15) is 11.3 Å². The molecule has 0 saturated carbocycles. The van der Waals surface area contributed by atoms with Crippen molar-refractivity contribution in [3.8, 4) is 0 Å². The first kappa shape index (κ1) is 12.5. The number of ether oxygens (including phenoxy) is 1. The van der Waals surface area contributed by atoms with E-state index in [1.165, 1.54) is 4.90 Å². The van der Waals surface area contributed by atoms with Crippen LogP contribution in [-0.2, 0) is 9.53 Å². The summed E-state index contributed by atoms with van der Waals surface area (Å²) in [6, 6.07) is 0. The molecule has 0 saturated heterocycles. The standard InChI is InChI=1S/C11H17NO4/c1-11(2,3)16-10(15)12-7-5-4-6-8(12)9(13)14/h6H,4-5,7H2,1-3H3,(H,13,14). The van der Waals surface area contributed by atoms with Crippen molar-refractivity contribution in [2.45, 2.75) is 39.2 Å². The number of hydrogen-bond donors (Lipinski definition) is 1. The van der Waals surface area contributed by atoms with Crippen LogP contribution < -0.4 is 0 Å². The van der Waals surface area contributed by atoms with E-state index in [9.17, 15) is 9.59 Å². The Morgan fingerprint density at radius 2 is 2.06 bits per heavy atom. The normalized spacial score (nSPS) is 16.7. The van der Waals surface area contributed by atoms with Crippen LogP contribution in [0.15, 0.2) is 11.8 Å². The molecule has 0 aliphatic carbocycles. The number of carbonyl (C=O) groups excluding carboxylic acids is 1. The van der Waals surface area contributed by atoms with Crippen molar-refractivity contribution in [1.29, 1.82) is 0 Å². The van der Waals surface area contributed by atoms with Crippen LogP contribution in [-0.4, -0.2) is 34.2 Å². The van der Waals surface area contributed by atoms with Crippen molar-refractivity contribution in [2.75, 3.05) is 6.54 Å². The number of rotatable bonds is 1. The summed E-state index contributed by atoms with van der Waals surface area (Å²) in [6.45, 7) is 5.64. The lowest BCUT2D eigenvalue weighted by molar-refractivity contribution is -0.134. The van der Waals surface area contributed by atoms with E-state index < -0.39 is 17.7 Å². The molecule has 5 nitrogen and oxygen atoms in total. The van der Waals surface area contributed by atoms with Gasteiger partial charge in [0.05, 0.1) is 0 Å². The number of carbonyl (C=O) groups is 2. The summed E-state index contributed by atoms with van der Waals surface area (Å²) in [5.41, 5.74) is -0.599. The van der Waals surface area contributed by atoms with Crippen molar-refractivity contribution in [3.05, 3.63) is 11.8 Å². The number of amides is 1. The summed E-state index contributed by atoms with van der Waals surface area (Å²) in [5, 5.41) is 8.94. The van der Waals surface area contributed by atoms with Crippen LogP contribution >= 0.6 is 0 Å². The third kappa shape index (κ3) is 3.25. The molecule has 1 rings (SSSR count). The predicted molar refractivity (Wildman–Crippen MR) is 57.9 cm³/mol. The van der Waals surface area contributed by atoms with Crippen molar-refractivity contribution < 1.29 is 19.4 Å². The number of allylic oxidation sites excluding steroid dienone is 1. The van der Waals surface area contributed by atoms with Gasteiger partial charge in [0, 0.05) is 6.54 Å². The summed E-state index contributed by atoms with van der Waals surface area (Å²) in [4.78, 5) is 23.8. The molecule has 0 atom stereocenters. The lowest BCUT2D eigenvalue weighted by atomic mass is 10.1. The van der Waals surface area contributed by atoms with Gasteiger partial charge >= 0.3 is 12.1 Å². The van der Waals surface area contributed by atoms with E-state index >= 15 is 0 Å². The number of aliphatic carboxylic acids is 1. The molecule has 0 unspecified atom stereocenters. The summed E-state index contributed by atoms with van der Waals surface area (Å²) in [7, 11) is 0. The lowest BCUT2D eigenvalue weighted by Crippen LogP contribution is -2.40. The maximum atomic E-state index is 11.7. The number of nitrogens with zero attached hydrogens (tertiary/aromatic N) is 1. The average Bonchev–Trinajstić information content (AvgIpc) is 2.15. The number of carboxylic acid groups (broad SMARTS) is 1. The topological polar surface area (TPSA) is 66.8 Å². The Kier molecular flexibility index (Phi) is 3.57. The number of hydrogen-bond acceptors (Lipinski definition) is 3. The van der Waals surface area contributed by atoms with Gasteiger partial charge in [-0.2, -0.15) is 0 Å². The van der Waals surface area contributed by atoms with E-state index in [0.717, 1.165) is 6.42 Å². The van der Waals surface area contributed by atoms with E-state index in [0.29, 0.717) is 13.0 Å². The molecule has 0 aromatic heterocycles. The van der Waals surface area contributed by atoms with Gasteiger partial charge in [0.2, 0.25) is 0 Å². The highest BCUT2D eigenvalue weighted by molar-refractivity contribution is 5.91. The quantitative estimate of drug-likeness (QED) is 0.743. The van der Waals surface area contributed by atoms with Gasteiger partial charge in [0.15, 0.2) is 0 Å². The molecule has 1 aliphatic heterocycles. The van der Waals surface area contributed by atoms with Crippen LogP contribution in [0, 0.1) is 0 Å². The maximum absolute atomic E-state index is 11.7. The van der Waals surface area contributed by atoms with Gasteiger partial charge in [-0.1, -0.05) is 6.08 Å². The van der Waals surface area contributed by atoms with E-state index in [4.69, 9.17) is 9.84 Å². The first-order valence-electron chi connectivity index (χ1n) is 5.25. The zero-order chi connectivity index (χ0) is 12.3. The molecule has 1 N–H and O–H groups in total. The van der Waals surface area contributed by atoms with Crippen molar-refractivity contribution in [3.63, 3.8) is 0 Å². The minimum absolute atomic E-state index is 0.0144. The second-order valence-electron chi connectivity index (χ2n) is 4.67. The minimum Gasteiger partial charge on any atom is -0.477 e. The minimum atomic E-state index is -1.09. The molecule has 5 heteroatoms. The summed E-state index contributed by atoms with van der Waals surface area (Å²) in [6.07, 6.45) is 2.40. The first-order chi connectivity index (χ1) is 7.31. The van der Waals surface area contributed by atoms with Crippen LogP contribution in [0.1, 0.15) is 33.6 Å². The van der Waals surface area contributed by atoms with Crippen LogP contribution in [0.2, 0.25) is 0 Å². The molecule has 1 amide bonds. The van der Waals surface area contributed by atoms with Crippen molar-refractivity contribution >= 4 is 12.1 Å². The molecule has 0 spiro atoms.